The number of para-hydroxylation sites is 1. The number of nitrogens with zero attached hydrogens (tertiary/aromatic N) is 1. The molecule has 2 rings (SSSR count). The van der Waals surface area contributed by atoms with E-state index in [1.54, 1.807) is 0 Å². The van der Waals surface area contributed by atoms with E-state index < -0.39 is 0 Å². The second kappa shape index (κ2) is 3.41. The van der Waals surface area contributed by atoms with Crippen molar-refractivity contribution in [1.29, 1.82) is 0 Å². The first-order valence-electron chi connectivity index (χ1n) is 5.66. The first-order valence-corrected chi connectivity index (χ1v) is 5.66. The Morgan fingerprint density at radius 3 is 2.53 bits per heavy atom. The van der Waals surface area contributed by atoms with Crippen LogP contribution in [0.4, 0.5) is 5.69 Å². The highest BCUT2D eigenvalue weighted by Crippen LogP contribution is 2.47. The molecular weight excluding hydrogens is 182 g/mol. The molecule has 0 radical (unpaired) electrons. The Bertz CT molecular complexity index is 402. The van der Waals surface area contributed by atoms with Crippen molar-refractivity contribution >= 4 is 5.69 Å². The molecule has 0 saturated carbocycles. The fourth-order valence-corrected chi connectivity index (χ4v) is 2.70. The lowest BCUT2D eigenvalue weighted by atomic mass is 9.84. The summed E-state index contributed by atoms with van der Waals surface area (Å²) in [4.78, 5) is 2.41. The summed E-state index contributed by atoms with van der Waals surface area (Å²) in [5.74, 6) is 0. The zero-order valence-corrected chi connectivity index (χ0v) is 10.0. The maximum Gasteiger partial charge on any atom is 0.0450 e. The van der Waals surface area contributed by atoms with Gasteiger partial charge < -0.3 is 4.90 Å². The molecule has 0 unspecified atom stereocenters. The van der Waals surface area contributed by atoms with Crippen molar-refractivity contribution in [2.24, 2.45) is 0 Å². The molecule has 0 aromatic heterocycles. The molecule has 0 saturated heterocycles. The number of benzene rings is 1. The van der Waals surface area contributed by atoms with Gasteiger partial charge >= 0.3 is 0 Å². The summed E-state index contributed by atoms with van der Waals surface area (Å²) < 4.78 is 0. The van der Waals surface area contributed by atoms with Crippen LogP contribution in [0.25, 0.3) is 0 Å². The maximum absolute atomic E-state index is 2.41. The number of allylic oxidation sites excluding steroid dienone is 2. The zero-order valence-electron chi connectivity index (χ0n) is 10.0. The molecule has 0 bridgehead atoms. The molecule has 1 heteroatoms. The summed E-state index contributed by atoms with van der Waals surface area (Å²) >= 11 is 0. The van der Waals surface area contributed by atoms with Gasteiger partial charge in [0.05, 0.1) is 0 Å². The van der Waals surface area contributed by atoms with Gasteiger partial charge in [-0.05, 0) is 25.5 Å². The molecule has 0 N–H and O–H groups in total. The van der Waals surface area contributed by atoms with E-state index in [2.05, 4.69) is 62.9 Å². The first-order chi connectivity index (χ1) is 7.12. The maximum atomic E-state index is 2.41. The Balaban J connectivity index is 2.65. The highest BCUT2D eigenvalue weighted by molar-refractivity contribution is 5.70. The van der Waals surface area contributed by atoms with Crippen LogP contribution in [0, 0.1) is 0 Å². The van der Waals surface area contributed by atoms with Crippen LogP contribution >= 0.6 is 0 Å². The summed E-state index contributed by atoms with van der Waals surface area (Å²) in [5.41, 5.74) is 4.39. The van der Waals surface area contributed by atoms with E-state index >= 15 is 0 Å². The lowest BCUT2D eigenvalue weighted by molar-refractivity contribution is 0.632. The van der Waals surface area contributed by atoms with Gasteiger partial charge in [0.1, 0.15) is 0 Å². The molecule has 15 heavy (non-hydrogen) atoms. The molecule has 80 valence electrons. The monoisotopic (exact) mass is 201 g/mol. The van der Waals surface area contributed by atoms with E-state index in [0.717, 1.165) is 6.54 Å². The molecule has 0 spiro atoms. The van der Waals surface area contributed by atoms with Crippen molar-refractivity contribution in [2.45, 2.75) is 33.1 Å². The molecule has 1 nitrogen and oxygen atoms in total. The van der Waals surface area contributed by atoms with Crippen LogP contribution < -0.4 is 4.90 Å². The number of hydrogen-bond donors (Lipinski definition) is 0. The Kier molecular flexibility index (Phi) is 2.34. The fraction of sp³-hybridized carbons (Fsp3) is 0.429. The second-order valence-corrected chi connectivity index (χ2v) is 4.56. The van der Waals surface area contributed by atoms with Crippen molar-refractivity contribution in [1.82, 2.24) is 0 Å². The SMILES string of the molecule is CC=C1N(CC)c2ccccc2C1(C)C. The fourth-order valence-electron chi connectivity index (χ4n) is 2.70. The van der Waals surface area contributed by atoms with E-state index in [4.69, 9.17) is 0 Å². The van der Waals surface area contributed by atoms with Crippen molar-refractivity contribution in [3.8, 4) is 0 Å². The Hall–Kier alpha value is -1.24. The molecule has 0 atom stereocenters. The molecule has 1 aromatic carbocycles. The highest BCUT2D eigenvalue weighted by atomic mass is 15.2. The van der Waals surface area contributed by atoms with Crippen molar-refractivity contribution in [2.75, 3.05) is 11.4 Å². The molecule has 1 heterocycles. The van der Waals surface area contributed by atoms with Crippen molar-refractivity contribution < 1.29 is 0 Å². The number of fused-ring (bicyclic) bond motifs is 1. The molecule has 1 aliphatic rings. The lowest BCUT2D eigenvalue weighted by Gasteiger charge is -2.25. The predicted octanol–water partition coefficient (Wildman–Crippen LogP) is 3.71. The van der Waals surface area contributed by atoms with Gasteiger partial charge in [-0.2, -0.15) is 0 Å². The zero-order chi connectivity index (χ0) is 11.1. The summed E-state index contributed by atoms with van der Waals surface area (Å²) in [7, 11) is 0. The van der Waals surface area contributed by atoms with Crippen LogP contribution in [0.15, 0.2) is 36.0 Å². The second-order valence-electron chi connectivity index (χ2n) is 4.56. The minimum atomic E-state index is 0.154. The molecule has 1 aliphatic heterocycles. The van der Waals surface area contributed by atoms with Gasteiger partial charge in [-0.1, -0.05) is 38.1 Å². The molecule has 0 fully saturated rings. The van der Waals surface area contributed by atoms with E-state index in [0.29, 0.717) is 0 Å². The third-order valence-electron chi connectivity index (χ3n) is 3.39. The van der Waals surface area contributed by atoms with Crippen molar-refractivity contribution in [3.63, 3.8) is 0 Å². The number of anilines is 1. The van der Waals surface area contributed by atoms with Gasteiger partial charge in [-0.3, -0.25) is 0 Å². The molecule has 1 aromatic rings. The standard InChI is InChI=1S/C14H19N/c1-5-13-14(3,4)11-9-7-8-10-12(11)15(13)6-2/h5,7-10H,6H2,1-4H3. The van der Waals surface area contributed by atoms with Gasteiger partial charge in [-0.25, -0.2) is 0 Å². The number of likely N-dealkylation sites (N-methyl/N-ethyl adjacent to an activating group) is 1. The molecular formula is C14H19N. The summed E-state index contributed by atoms with van der Waals surface area (Å²) in [6.07, 6.45) is 2.24. The van der Waals surface area contributed by atoms with Crippen LogP contribution in [0.5, 0.6) is 0 Å². The minimum Gasteiger partial charge on any atom is -0.345 e. The Morgan fingerprint density at radius 2 is 1.93 bits per heavy atom. The van der Waals surface area contributed by atoms with Crippen LogP contribution in [-0.4, -0.2) is 6.54 Å². The summed E-state index contributed by atoms with van der Waals surface area (Å²) in [6, 6.07) is 8.72. The largest absolute Gasteiger partial charge is 0.345 e. The Labute approximate surface area is 92.4 Å². The van der Waals surface area contributed by atoms with Crippen LogP contribution in [0.1, 0.15) is 33.3 Å². The van der Waals surface area contributed by atoms with Crippen LogP contribution in [0.2, 0.25) is 0 Å². The van der Waals surface area contributed by atoms with E-state index in [-0.39, 0.29) is 5.41 Å². The highest BCUT2D eigenvalue weighted by Gasteiger charge is 2.38. The molecule has 0 aliphatic carbocycles. The number of rotatable bonds is 1. The first kappa shape index (κ1) is 10.3. The quantitative estimate of drug-likeness (QED) is 0.669. The van der Waals surface area contributed by atoms with Crippen molar-refractivity contribution in [3.05, 3.63) is 41.6 Å². The smallest absolute Gasteiger partial charge is 0.0450 e. The summed E-state index contributed by atoms with van der Waals surface area (Å²) in [5, 5.41) is 0. The van der Waals surface area contributed by atoms with Gasteiger partial charge in [0.15, 0.2) is 0 Å². The summed E-state index contributed by atoms with van der Waals surface area (Å²) in [6.45, 7) is 9.99. The van der Waals surface area contributed by atoms with E-state index in [1.807, 2.05) is 0 Å². The molecule has 0 amide bonds. The average Bonchev–Trinajstić information content (AvgIpc) is 2.46. The van der Waals surface area contributed by atoms with Gasteiger partial charge in [0, 0.05) is 23.3 Å². The van der Waals surface area contributed by atoms with Gasteiger partial charge in [-0.15, -0.1) is 0 Å². The normalized spacial score (nSPS) is 20.8. The van der Waals surface area contributed by atoms with Crippen LogP contribution in [0.3, 0.4) is 0 Å². The topological polar surface area (TPSA) is 3.24 Å². The Morgan fingerprint density at radius 1 is 1.27 bits per heavy atom. The van der Waals surface area contributed by atoms with E-state index in [9.17, 15) is 0 Å². The predicted molar refractivity (Wildman–Crippen MR) is 66.2 cm³/mol. The third kappa shape index (κ3) is 1.30. The van der Waals surface area contributed by atoms with Gasteiger partial charge in [0.2, 0.25) is 0 Å². The van der Waals surface area contributed by atoms with Gasteiger partial charge in [0.25, 0.3) is 0 Å². The average molecular weight is 201 g/mol. The minimum absolute atomic E-state index is 0.154. The lowest BCUT2D eigenvalue weighted by Crippen LogP contribution is -2.25. The van der Waals surface area contributed by atoms with Crippen LogP contribution in [-0.2, 0) is 5.41 Å². The number of hydrogen-bond acceptors (Lipinski definition) is 1. The third-order valence-corrected chi connectivity index (χ3v) is 3.39. The van der Waals surface area contributed by atoms with E-state index in [1.165, 1.54) is 16.9 Å².